The minimum absolute atomic E-state index is 0.0109. The van der Waals surface area contributed by atoms with Crippen molar-refractivity contribution in [3.8, 4) is 0 Å². The maximum Gasteiger partial charge on any atom is 0.353 e. The zero-order valence-corrected chi connectivity index (χ0v) is 20.4. The second kappa shape index (κ2) is 9.72. The molecule has 11 nitrogen and oxygen atoms in total. The van der Waals surface area contributed by atoms with Gasteiger partial charge in [0, 0.05) is 42.8 Å². The van der Waals surface area contributed by atoms with E-state index in [0.717, 1.165) is 0 Å². The Morgan fingerprint density at radius 2 is 2.03 bits per heavy atom. The van der Waals surface area contributed by atoms with Gasteiger partial charge in [0.25, 0.3) is 5.91 Å². The van der Waals surface area contributed by atoms with E-state index in [1.807, 2.05) is 6.92 Å². The predicted octanol–water partition coefficient (Wildman–Crippen LogP) is -0.162. The molecular formula is C21H31N5O6S. The maximum atomic E-state index is 13.0. The fraction of sp³-hybridized carbons (Fsp3) is 0.667. The van der Waals surface area contributed by atoms with Crippen LogP contribution in [-0.2, 0) is 24.0 Å². The van der Waals surface area contributed by atoms with Crippen LogP contribution in [0.1, 0.15) is 27.2 Å². The van der Waals surface area contributed by atoms with Gasteiger partial charge in [0.2, 0.25) is 11.8 Å². The van der Waals surface area contributed by atoms with E-state index in [2.05, 4.69) is 20.6 Å². The summed E-state index contributed by atoms with van der Waals surface area (Å²) in [6, 6.07) is -1.17. The number of amides is 3. The van der Waals surface area contributed by atoms with Gasteiger partial charge in [-0.05, 0) is 20.3 Å². The van der Waals surface area contributed by atoms with Crippen molar-refractivity contribution in [2.24, 2.45) is 17.0 Å². The van der Waals surface area contributed by atoms with Gasteiger partial charge < -0.3 is 30.4 Å². The van der Waals surface area contributed by atoms with E-state index in [1.54, 1.807) is 21.0 Å². The monoisotopic (exact) mass is 481 g/mol. The zero-order valence-electron chi connectivity index (χ0n) is 19.6. The molecule has 6 atom stereocenters. The number of hydrogen-bond acceptors (Lipinski definition) is 8. The van der Waals surface area contributed by atoms with E-state index in [0.29, 0.717) is 17.9 Å². The van der Waals surface area contributed by atoms with Crippen molar-refractivity contribution >= 4 is 41.2 Å². The van der Waals surface area contributed by atoms with Crippen molar-refractivity contribution in [3.05, 3.63) is 10.6 Å². The van der Waals surface area contributed by atoms with Gasteiger partial charge in [-0.3, -0.25) is 14.4 Å². The number of nitrogens with one attached hydrogen (secondary N) is 2. The highest BCUT2D eigenvalue weighted by molar-refractivity contribution is 8.03. The van der Waals surface area contributed by atoms with Gasteiger partial charge in [-0.2, -0.15) is 0 Å². The van der Waals surface area contributed by atoms with Crippen molar-refractivity contribution < 1.29 is 29.1 Å². The Morgan fingerprint density at radius 1 is 1.36 bits per heavy atom. The van der Waals surface area contributed by atoms with Crippen LogP contribution in [0, 0.1) is 11.8 Å². The summed E-state index contributed by atoms with van der Waals surface area (Å²) in [7, 11) is 4.74. The summed E-state index contributed by atoms with van der Waals surface area (Å²) < 4.78 is 0. The van der Waals surface area contributed by atoms with E-state index in [1.165, 1.54) is 35.6 Å². The molecule has 0 aromatic carbocycles. The largest absolute Gasteiger partial charge is 0.477 e. The van der Waals surface area contributed by atoms with Gasteiger partial charge in [-0.25, -0.2) is 4.79 Å². The number of β-lactam (4-membered cyclic amide) rings is 1. The number of fused-ring (bicyclic) bond motifs is 1. The molecule has 0 aromatic heterocycles. The van der Waals surface area contributed by atoms with Crippen LogP contribution >= 0.6 is 11.8 Å². The van der Waals surface area contributed by atoms with Crippen LogP contribution < -0.4 is 10.6 Å². The van der Waals surface area contributed by atoms with Crippen LogP contribution in [0.4, 0.5) is 0 Å². The lowest BCUT2D eigenvalue weighted by Crippen LogP contribution is -2.66. The number of rotatable bonds is 8. The molecule has 3 N–H and O–H groups in total. The number of nitrogens with zero attached hydrogens (tertiary/aromatic N) is 3. The molecule has 0 aromatic rings. The first-order chi connectivity index (χ1) is 15.5. The number of likely N-dealkylation sites (N-methyl/N-ethyl adjacent to an activating group) is 1. The van der Waals surface area contributed by atoms with E-state index < -0.39 is 23.8 Å². The summed E-state index contributed by atoms with van der Waals surface area (Å²) in [5.74, 6) is -2.68. The molecule has 3 heterocycles. The van der Waals surface area contributed by atoms with E-state index in [-0.39, 0.29) is 46.5 Å². The van der Waals surface area contributed by atoms with Crippen LogP contribution in [0.5, 0.6) is 0 Å². The standard InChI is InChI=1S/C21H31N5O6S/c1-9-15-14(10(2)23-18(27)11(3)24-32-6)20(29)26(15)16(21(30)31)17(9)33-12-7-13(22-8-12)19(28)25(4)5/h9-10,12-15,22H,7-8H2,1-6H3,(H,23,27)(H,30,31)/b24-11+/t9-,10-,12+,13+,14-,15-/m1/s1. The summed E-state index contributed by atoms with van der Waals surface area (Å²) in [5, 5.41) is 19.5. The molecule has 0 saturated carbocycles. The Morgan fingerprint density at radius 3 is 2.61 bits per heavy atom. The first-order valence-electron chi connectivity index (χ1n) is 10.8. The minimum Gasteiger partial charge on any atom is -0.477 e. The molecule has 2 saturated heterocycles. The average molecular weight is 482 g/mol. The summed E-state index contributed by atoms with van der Waals surface area (Å²) in [6.45, 7) is 5.72. The second-order valence-electron chi connectivity index (χ2n) is 8.82. The Labute approximate surface area is 196 Å². The van der Waals surface area contributed by atoms with Gasteiger partial charge in [0.05, 0.1) is 18.0 Å². The minimum atomic E-state index is -1.15. The van der Waals surface area contributed by atoms with E-state index in [4.69, 9.17) is 0 Å². The zero-order chi connectivity index (χ0) is 24.6. The van der Waals surface area contributed by atoms with Gasteiger partial charge in [-0.15, -0.1) is 11.8 Å². The molecule has 2 fully saturated rings. The number of carboxylic acids is 1. The first-order valence-corrected chi connectivity index (χ1v) is 11.7. The van der Waals surface area contributed by atoms with Crippen LogP contribution in [0.15, 0.2) is 15.8 Å². The van der Waals surface area contributed by atoms with Gasteiger partial charge in [-0.1, -0.05) is 12.1 Å². The molecule has 12 heteroatoms. The number of carbonyl (C=O) groups is 4. The second-order valence-corrected chi connectivity index (χ2v) is 10.2. The van der Waals surface area contributed by atoms with Gasteiger partial charge in [0.1, 0.15) is 18.5 Å². The summed E-state index contributed by atoms with van der Waals surface area (Å²) in [6.07, 6.45) is 0.581. The molecule has 3 aliphatic heterocycles. The topological polar surface area (TPSA) is 141 Å². The molecule has 0 aliphatic carbocycles. The maximum absolute atomic E-state index is 13.0. The molecule has 0 spiro atoms. The van der Waals surface area contributed by atoms with E-state index >= 15 is 0 Å². The molecule has 0 bridgehead atoms. The van der Waals surface area contributed by atoms with Crippen LogP contribution in [0.25, 0.3) is 0 Å². The predicted molar refractivity (Wildman–Crippen MR) is 122 cm³/mol. The average Bonchev–Trinajstić information content (AvgIpc) is 3.29. The summed E-state index contributed by atoms with van der Waals surface area (Å²) in [4.78, 5) is 57.8. The Balaban J connectivity index is 1.74. The normalized spacial score (nSPS) is 30.0. The molecule has 0 radical (unpaired) electrons. The van der Waals surface area contributed by atoms with Gasteiger partial charge in [0.15, 0.2) is 0 Å². The summed E-state index contributed by atoms with van der Waals surface area (Å²) in [5.41, 5.74) is 0.139. The lowest BCUT2D eigenvalue weighted by atomic mass is 9.78. The third-order valence-corrected chi connectivity index (χ3v) is 7.88. The highest BCUT2D eigenvalue weighted by Crippen LogP contribution is 2.51. The van der Waals surface area contributed by atoms with E-state index in [9.17, 15) is 24.3 Å². The highest BCUT2D eigenvalue weighted by Gasteiger charge is 2.60. The van der Waals surface area contributed by atoms with Crippen LogP contribution in [0.2, 0.25) is 0 Å². The highest BCUT2D eigenvalue weighted by atomic mass is 32.2. The number of thioether (sulfide) groups is 1. The molecular weight excluding hydrogens is 450 g/mol. The van der Waals surface area contributed by atoms with Crippen LogP contribution in [0.3, 0.4) is 0 Å². The van der Waals surface area contributed by atoms with Crippen molar-refractivity contribution in [3.63, 3.8) is 0 Å². The molecule has 182 valence electrons. The first kappa shape index (κ1) is 25.0. The van der Waals surface area contributed by atoms with Crippen molar-refractivity contribution in [2.45, 2.75) is 50.6 Å². The number of oxime groups is 1. The third kappa shape index (κ3) is 4.58. The molecule has 0 unspecified atom stereocenters. The molecule has 33 heavy (non-hydrogen) atoms. The van der Waals surface area contributed by atoms with Crippen molar-refractivity contribution in [2.75, 3.05) is 27.7 Å². The van der Waals surface area contributed by atoms with Crippen LogP contribution in [-0.4, -0.2) is 95.4 Å². The van der Waals surface area contributed by atoms with Crippen molar-refractivity contribution in [1.29, 1.82) is 0 Å². The van der Waals surface area contributed by atoms with Gasteiger partial charge >= 0.3 is 5.97 Å². The number of aliphatic carboxylic acids is 1. The molecule has 3 amide bonds. The lowest BCUT2D eigenvalue weighted by molar-refractivity contribution is -0.158. The fourth-order valence-electron chi connectivity index (χ4n) is 4.75. The Hall–Kier alpha value is -2.60. The lowest BCUT2D eigenvalue weighted by Gasteiger charge is -2.47. The smallest absolute Gasteiger partial charge is 0.353 e. The van der Waals surface area contributed by atoms with Crippen molar-refractivity contribution in [1.82, 2.24) is 20.4 Å². The summed E-state index contributed by atoms with van der Waals surface area (Å²) >= 11 is 1.43. The number of carboxylic acid groups (broad SMARTS) is 1. The quantitative estimate of drug-likeness (QED) is 0.247. The number of hydrogen-bond donors (Lipinski definition) is 3. The molecule has 3 aliphatic rings. The Bertz CT molecular complexity index is 919. The number of carbonyl (C=O) groups excluding carboxylic acids is 3. The fourth-order valence-corrected chi connectivity index (χ4v) is 6.23. The Kier molecular flexibility index (Phi) is 7.37. The third-order valence-electron chi connectivity index (χ3n) is 6.37. The molecule has 3 rings (SSSR count). The SMILES string of the molecule is CO/N=C(\C)C(=O)N[C@H](C)[C@H]1C(=O)N2C(C(=O)O)=C(S[C@@H]3CN[C@H](C(=O)N(C)C)C3)[C@H](C)[C@H]12.